The molecule has 0 rings (SSSR count). The van der Waals surface area contributed by atoms with Gasteiger partial charge in [0.05, 0.1) is 10.8 Å². The summed E-state index contributed by atoms with van der Waals surface area (Å²) in [4.78, 5) is 8.83. The van der Waals surface area contributed by atoms with Crippen molar-refractivity contribution in [1.82, 2.24) is 0 Å². The van der Waals surface area contributed by atoms with E-state index in [2.05, 4.69) is 0 Å². The van der Waals surface area contributed by atoms with E-state index in [1.54, 1.807) is 6.92 Å². The largest absolute Gasteiger partial charge is 0.548 e. The molecule has 48 valence electrons. The van der Waals surface area contributed by atoms with Gasteiger partial charge in [-0.3, -0.25) is 0 Å². The molecule has 0 amide bonds. The highest BCUT2D eigenvalue weighted by Gasteiger charge is 2.18. The fraction of sp³-hybridized carbons (Fsp3) is 0.800. The number of rotatable bonds is 2. The molecule has 0 saturated carbocycles. The maximum Gasteiger partial charge on any atom is 0.0808 e. The van der Waals surface area contributed by atoms with Crippen LogP contribution in [0.4, 0.5) is 0 Å². The van der Waals surface area contributed by atoms with Crippen LogP contribution in [0, 0.1) is 0 Å². The van der Waals surface area contributed by atoms with Gasteiger partial charge >= 0.3 is 0 Å². The van der Waals surface area contributed by atoms with Crippen molar-refractivity contribution in [3.05, 3.63) is 0 Å². The van der Waals surface area contributed by atoms with Gasteiger partial charge in [0, 0.05) is 0 Å². The summed E-state index contributed by atoms with van der Waals surface area (Å²) >= 11 is 5.39. The third-order valence-corrected chi connectivity index (χ3v) is 1.51. The molecule has 0 N–H and O–H groups in total. The summed E-state index contributed by atoms with van der Waals surface area (Å²) < 4.78 is 0. The fourth-order valence-corrected chi connectivity index (χ4v) is 0.144. The predicted octanol–water partition coefficient (Wildman–Crippen LogP) is 0.144. The van der Waals surface area contributed by atoms with Crippen LogP contribution in [0.25, 0.3) is 0 Å². The molecule has 0 saturated heterocycles. The molecule has 0 radical (unpaired) electrons. The Balaban J connectivity index is 3.91. The standard InChI is InChI=1S/C5H9ClO2/c1-3-5(2,6)4(7)8/h3H2,1-2H3,(H,7,8)/p-1. The molecule has 0 aliphatic carbocycles. The summed E-state index contributed by atoms with van der Waals surface area (Å²) in [6.45, 7) is 3.12. The molecule has 0 bridgehead atoms. The molecule has 1 unspecified atom stereocenters. The first-order valence-electron chi connectivity index (χ1n) is 2.41. The normalized spacial score (nSPS) is 17.4. The van der Waals surface area contributed by atoms with E-state index in [9.17, 15) is 9.90 Å². The van der Waals surface area contributed by atoms with Crippen molar-refractivity contribution in [1.29, 1.82) is 0 Å². The monoisotopic (exact) mass is 135 g/mol. The molecule has 0 aromatic rings. The Bertz CT molecular complexity index is 98.6. The Morgan fingerprint density at radius 3 is 2.25 bits per heavy atom. The molecule has 2 nitrogen and oxygen atoms in total. The number of alkyl halides is 1. The molecule has 8 heavy (non-hydrogen) atoms. The van der Waals surface area contributed by atoms with Gasteiger partial charge in [-0.15, -0.1) is 11.6 Å². The number of aliphatic carboxylic acids is 1. The first kappa shape index (κ1) is 7.76. The van der Waals surface area contributed by atoms with Crippen molar-refractivity contribution in [2.24, 2.45) is 0 Å². The van der Waals surface area contributed by atoms with Crippen molar-refractivity contribution in [3.63, 3.8) is 0 Å². The van der Waals surface area contributed by atoms with Crippen molar-refractivity contribution in [3.8, 4) is 0 Å². The number of carbonyl (C=O) groups excluding carboxylic acids is 1. The molecular formula is C5H8ClO2-. The Hall–Kier alpha value is -0.240. The average Bonchev–Trinajstić information content (AvgIpc) is 1.67. The summed E-state index contributed by atoms with van der Waals surface area (Å²) in [6, 6.07) is 0. The molecule has 0 aliphatic rings. The van der Waals surface area contributed by atoms with Gasteiger partial charge in [0.25, 0.3) is 0 Å². The topological polar surface area (TPSA) is 40.1 Å². The lowest BCUT2D eigenvalue weighted by molar-refractivity contribution is -0.309. The Kier molecular flexibility index (Phi) is 2.28. The lowest BCUT2D eigenvalue weighted by atomic mass is 10.1. The van der Waals surface area contributed by atoms with Crippen LogP contribution >= 0.6 is 11.6 Å². The van der Waals surface area contributed by atoms with E-state index in [1.165, 1.54) is 6.92 Å². The second-order valence-corrected chi connectivity index (χ2v) is 2.67. The summed E-state index contributed by atoms with van der Waals surface area (Å²) in [5.41, 5.74) is 0. The molecule has 3 heteroatoms. The summed E-state index contributed by atoms with van der Waals surface area (Å²) in [5.74, 6) is -1.21. The molecule has 0 heterocycles. The zero-order valence-electron chi connectivity index (χ0n) is 4.90. The molecule has 0 spiro atoms. The van der Waals surface area contributed by atoms with Gasteiger partial charge < -0.3 is 9.90 Å². The van der Waals surface area contributed by atoms with E-state index in [0.717, 1.165) is 0 Å². The van der Waals surface area contributed by atoms with Crippen LogP contribution in [-0.2, 0) is 4.79 Å². The van der Waals surface area contributed by atoms with Gasteiger partial charge in [-0.2, -0.15) is 0 Å². The smallest absolute Gasteiger partial charge is 0.0808 e. The zero-order valence-corrected chi connectivity index (χ0v) is 5.66. The van der Waals surface area contributed by atoms with Gasteiger partial charge in [-0.25, -0.2) is 0 Å². The molecule has 0 aromatic heterocycles. The van der Waals surface area contributed by atoms with Crippen LogP contribution in [0.5, 0.6) is 0 Å². The molecule has 0 fully saturated rings. The van der Waals surface area contributed by atoms with E-state index in [0.29, 0.717) is 6.42 Å². The minimum Gasteiger partial charge on any atom is -0.548 e. The van der Waals surface area contributed by atoms with Gasteiger partial charge in [0.15, 0.2) is 0 Å². The number of halogens is 1. The summed E-state index contributed by atoms with van der Waals surface area (Å²) in [5, 5.41) is 10.0. The highest BCUT2D eigenvalue weighted by Crippen LogP contribution is 2.16. The van der Waals surface area contributed by atoms with E-state index in [1.807, 2.05) is 0 Å². The Morgan fingerprint density at radius 1 is 1.88 bits per heavy atom. The highest BCUT2D eigenvalue weighted by molar-refractivity contribution is 6.33. The fourth-order valence-electron chi connectivity index (χ4n) is 0.144. The molecule has 0 aliphatic heterocycles. The van der Waals surface area contributed by atoms with Gasteiger partial charge in [0.2, 0.25) is 0 Å². The number of carbonyl (C=O) groups is 1. The van der Waals surface area contributed by atoms with Gasteiger partial charge in [-0.1, -0.05) is 6.92 Å². The third kappa shape index (κ3) is 1.70. The summed E-state index contributed by atoms with van der Waals surface area (Å²) in [6.07, 6.45) is 0.386. The highest BCUT2D eigenvalue weighted by atomic mass is 35.5. The first-order valence-corrected chi connectivity index (χ1v) is 2.79. The van der Waals surface area contributed by atoms with Gasteiger partial charge in [-0.05, 0) is 13.3 Å². The third-order valence-electron chi connectivity index (χ3n) is 1.09. The molecule has 1 atom stereocenters. The summed E-state index contributed by atoms with van der Waals surface area (Å²) in [7, 11) is 0. The van der Waals surface area contributed by atoms with E-state index in [-0.39, 0.29) is 0 Å². The van der Waals surface area contributed by atoms with Crippen LogP contribution in [0.3, 0.4) is 0 Å². The first-order chi connectivity index (χ1) is 3.50. The van der Waals surface area contributed by atoms with Crippen molar-refractivity contribution < 1.29 is 9.90 Å². The molecule has 0 aromatic carbocycles. The number of carboxylic acids is 1. The van der Waals surface area contributed by atoms with E-state index < -0.39 is 10.8 Å². The van der Waals surface area contributed by atoms with Crippen molar-refractivity contribution in [2.45, 2.75) is 25.1 Å². The molecular weight excluding hydrogens is 128 g/mol. The SMILES string of the molecule is CCC(C)(Cl)C(=O)[O-]. The maximum atomic E-state index is 10.0. The Labute approximate surface area is 53.5 Å². The van der Waals surface area contributed by atoms with Crippen molar-refractivity contribution in [2.75, 3.05) is 0 Å². The quantitative estimate of drug-likeness (QED) is 0.506. The number of hydrogen-bond acceptors (Lipinski definition) is 2. The second-order valence-electron chi connectivity index (χ2n) is 1.84. The van der Waals surface area contributed by atoms with Crippen LogP contribution in [0.1, 0.15) is 20.3 Å². The zero-order chi connectivity index (χ0) is 6.78. The van der Waals surface area contributed by atoms with Gasteiger partial charge in [0.1, 0.15) is 0 Å². The van der Waals surface area contributed by atoms with Crippen LogP contribution in [0.15, 0.2) is 0 Å². The van der Waals surface area contributed by atoms with E-state index >= 15 is 0 Å². The maximum absolute atomic E-state index is 10.0. The average molecular weight is 136 g/mol. The van der Waals surface area contributed by atoms with E-state index in [4.69, 9.17) is 11.6 Å². The van der Waals surface area contributed by atoms with Crippen LogP contribution in [0.2, 0.25) is 0 Å². The minimum atomic E-state index is -1.21. The second kappa shape index (κ2) is 2.35. The van der Waals surface area contributed by atoms with Crippen LogP contribution in [-0.4, -0.2) is 10.8 Å². The van der Waals surface area contributed by atoms with Crippen molar-refractivity contribution >= 4 is 17.6 Å². The predicted molar refractivity (Wildman–Crippen MR) is 29.6 cm³/mol. The lowest BCUT2D eigenvalue weighted by Crippen LogP contribution is -2.40. The number of carboxylic acid groups (broad SMARTS) is 1. The number of hydrogen-bond donors (Lipinski definition) is 0. The van der Waals surface area contributed by atoms with Crippen LogP contribution < -0.4 is 5.11 Å². The Morgan fingerprint density at radius 2 is 2.25 bits per heavy atom. The lowest BCUT2D eigenvalue weighted by Gasteiger charge is -2.19. The minimum absolute atomic E-state index is 0.386.